The van der Waals surface area contributed by atoms with Crippen LogP contribution in [0.5, 0.6) is 0 Å². The van der Waals surface area contributed by atoms with Gasteiger partial charge in [-0.25, -0.2) is 0 Å². The fourth-order valence-corrected chi connectivity index (χ4v) is 2.89. The van der Waals surface area contributed by atoms with E-state index in [1.165, 1.54) is 11.1 Å². The molecule has 1 aromatic rings. The number of aryl methyl sites for hydroxylation is 2. The van der Waals surface area contributed by atoms with Gasteiger partial charge in [-0.15, -0.1) is 0 Å². The normalized spacial score (nSPS) is 23.8. The molecule has 0 spiro atoms. The molecule has 0 radical (unpaired) electrons. The lowest BCUT2D eigenvalue weighted by Crippen LogP contribution is -2.35. The van der Waals surface area contributed by atoms with Gasteiger partial charge in [0.15, 0.2) is 0 Å². The van der Waals surface area contributed by atoms with Gasteiger partial charge in [0.1, 0.15) is 0 Å². The van der Waals surface area contributed by atoms with E-state index in [4.69, 9.17) is 5.73 Å². The van der Waals surface area contributed by atoms with Crippen molar-refractivity contribution in [1.29, 1.82) is 0 Å². The number of carbonyl (C=O) groups is 1. The van der Waals surface area contributed by atoms with Crippen molar-refractivity contribution in [2.24, 2.45) is 11.7 Å². The van der Waals surface area contributed by atoms with Crippen molar-refractivity contribution in [3.05, 3.63) is 29.3 Å². The summed E-state index contributed by atoms with van der Waals surface area (Å²) in [5, 5.41) is 0. The zero-order chi connectivity index (χ0) is 13.3. The summed E-state index contributed by atoms with van der Waals surface area (Å²) < 4.78 is 0. The van der Waals surface area contributed by atoms with Crippen LogP contribution in [0, 0.1) is 12.8 Å². The first-order chi connectivity index (χ1) is 8.60. The molecule has 2 unspecified atom stereocenters. The van der Waals surface area contributed by atoms with Gasteiger partial charge in [-0.1, -0.05) is 25.1 Å². The molecule has 2 N–H and O–H groups in total. The van der Waals surface area contributed by atoms with Crippen molar-refractivity contribution in [2.75, 3.05) is 11.4 Å². The van der Waals surface area contributed by atoms with Crippen LogP contribution in [-0.4, -0.2) is 18.5 Å². The van der Waals surface area contributed by atoms with Gasteiger partial charge in [0, 0.05) is 18.4 Å². The summed E-state index contributed by atoms with van der Waals surface area (Å²) in [5.41, 5.74) is 9.28. The van der Waals surface area contributed by atoms with E-state index in [9.17, 15) is 4.79 Å². The number of para-hydroxylation sites is 1. The highest BCUT2D eigenvalue weighted by Gasteiger charge is 2.37. The van der Waals surface area contributed by atoms with Crippen LogP contribution in [0.15, 0.2) is 18.2 Å². The predicted octanol–water partition coefficient (Wildman–Crippen LogP) is 2.26. The van der Waals surface area contributed by atoms with E-state index < -0.39 is 0 Å². The van der Waals surface area contributed by atoms with Gasteiger partial charge in [-0.3, -0.25) is 4.79 Å². The Kier molecular flexibility index (Phi) is 3.71. The maximum Gasteiger partial charge on any atom is 0.227 e. The van der Waals surface area contributed by atoms with E-state index in [1.54, 1.807) is 0 Å². The van der Waals surface area contributed by atoms with E-state index in [-0.39, 0.29) is 17.9 Å². The lowest BCUT2D eigenvalue weighted by atomic mass is 10.0. The SMILES string of the molecule is CCc1cccc(C)c1N1C(=O)CC(CN)C1C. The molecule has 0 aromatic heterocycles. The Balaban J connectivity index is 2.46. The van der Waals surface area contributed by atoms with Crippen LogP contribution >= 0.6 is 0 Å². The Morgan fingerprint density at radius 2 is 2.17 bits per heavy atom. The summed E-state index contributed by atoms with van der Waals surface area (Å²) in [5.74, 6) is 0.490. The highest BCUT2D eigenvalue weighted by Crippen LogP contribution is 2.35. The van der Waals surface area contributed by atoms with Crippen LogP contribution < -0.4 is 10.6 Å². The molecule has 0 saturated carbocycles. The number of rotatable bonds is 3. The summed E-state index contributed by atoms with van der Waals surface area (Å²) in [7, 11) is 0. The summed E-state index contributed by atoms with van der Waals surface area (Å²) in [6, 6.07) is 6.44. The molecule has 1 fully saturated rings. The molecule has 2 atom stereocenters. The van der Waals surface area contributed by atoms with E-state index in [0.717, 1.165) is 12.1 Å². The third kappa shape index (κ3) is 2.03. The molecule has 1 heterocycles. The molecule has 0 aliphatic carbocycles. The van der Waals surface area contributed by atoms with E-state index in [1.807, 2.05) is 4.90 Å². The number of amides is 1. The Bertz CT molecular complexity index is 456. The molecular weight excluding hydrogens is 224 g/mol. The van der Waals surface area contributed by atoms with Gasteiger partial charge >= 0.3 is 0 Å². The van der Waals surface area contributed by atoms with E-state index in [0.29, 0.717) is 13.0 Å². The highest BCUT2D eigenvalue weighted by molar-refractivity contribution is 5.98. The molecule has 1 aliphatic rings. The van der Waals surface area contributed by atoms with Crippen LogP contribution in [-0.2, 0) is 11.2 Å². The van der Waals surface area contributed by atoms with Crippen molar-refractivity contribution in [3.8, 4) is 0 Å². The molecule has 2 rings (SSSR count). The van der Waals surface area contributed by atoms with Crippen molar-refractivity contribution in [3.63, 3.8) is 0 Å². The average molecular weight is 246 g/mol. The van der Waals surface area contributed by atoms with Crippen LogP contribution in [0.1, 0.15) is 31.4 Å². The van der Waals surface area contributed by atoms with Crippen LogP contribution in [0.3, 0.4) is 0 Å². The molecular formula is C15H22N2O. The van der Waals surface area contributed by atoms with Gasteiger partial charge < -0.3 is 10.6 Å². The topological polar surface area (TPSA) is 46.3 Å². The standard InChI is InChI=1S/C15H22N2O/c1-4-12-7-5-6-10(2)15(12)17-11(3)13(9-16)8-14(17)18/h5-7,11,13H,4,8-9,16H2,1-3H3. The average Bonchev–Trinajstić information content (AvgIpc) is 2.64. The second-order valence-corrected chi connectivity index (χ2v) is 5.14. The summed E-state index contributed by atoms with van der Waals surface area (Å²) in [6.45, 7) is 6.89. The van der Waals surface area contributed by atoms with Gasteiger partial charge in [0.05, 0.1) is 5.69 Å². The number of nitrogens with two attached hydrogens (primary N) is 1. The van der Waals surface area contributed by atoms with Crippen molar-refractivity contribution in [2.45, 2.75) is 39.7 Å². The first-order valence-corrected chi connectivity index (χ1v) is 6.70. The fourth-order valence-electron chi connectivity index (χ4n) is 2.89. The Labute approximate surface area is 109 Å². The van der Waals surface area contributed by atoms with Crippen molar-refractivity contribution >= 4 is 11.6 Å². The van der Waals surface area contributed by atoms with Crippen molar-refractivity contribution < 1.29 is 4.79 Å². The first kappa shape index (κ1) is 13.1. The smallest absolute Gasteiger partial charge is 0.227 e. The molecule has 1 saturated heterocycles. The van der Waals surface area contributed by atoms with Gasteiger partial charge in [0.25, 0.3) is 0 Å². The summed E-state index contributed by atoms with van der Waals surface area (Å²) in [6.07, 6.45) is 1.52. The number of nitrogens with zero attached hydrogens (tertiary/aromatic N) is 1. The summed E-state index contributed by atoms with van der Waals surface area (Å²) in [4.78, 5) is 14.2. The van der Waals surface area contributed by atoms with Gasteiger partial charge in [0.2, 0.25) is 5.91 Å². The number of hydrogen-bond donors (Lipinski definition) is 1. The number of benzene rings is 1. The highest BCUT2D eigenvalue weighted by atomic mass is 16.2. The molecule has 3 nitrogen and oxygen atoms in total. The molecule has 18 heavy (non-hydrogen) atoms. The Hall–Kier alpha value is -1.35. The quantitative estimate of drug-likeness (QED) is 0.889. The largest absolute Gasteiger partial charge is 0.330 e. The third-order valence-corrected chi connectivity index (χ3v) is 4.04. The van der Waals surface area contributed by atoms with Gasteiger partial charge in [-0.2, -0.15) is 0 Å². The van der Waals surface area contributed by atoms with E-state index >= 15 is 0 Å². The zero-order valence-electron chi connectivity index (χ0n) is 11.4. The van der Waals surface area contributed by atoms with Crippen LogP contribution in [0.4, 0.5) is 5.69 Å². The van der Waals surface area contributed by atoms with Crippen molar-refractivity contribution in [1.82, 2.24) is 0 Å². The molecule has 98 valence electrons. The Morgan fingerprint density at radius 1 is 1.44 bits per heavy atom. The fraction of sp³-hybridized carbons (Fsp3) is 0.533. The minimum absolute atomic E-state index is 0.203. The number of anilines is 1. The second-order valence-electron chi connectivity index (χ2n) is 5.14. The maximum absolute atomic E-state index is 12.2. The second kappa shape index (κ2) is 5.11. The number of carbonyl (C=O) groups excluding carboxylic acids is 1. The Morgan fingerprint density at radius 3 is 2.72 bits per heavy atom. The number of hydrogen-bond acceptors (Lipinski definition) is 2. The predicted molar refractivity (Wildman–Crippen MR) is 74.7 cm³/mol. The monoisotopic (exact) mass is 246 g/mol. The summed E-state index contributed by atoms with van der Waals surface area (Å²) >= 11 is 0. The van der Waals surface area contributed by atoms with E-state index in [2.05, 4.69) is 39.0 Å². The zero-order valence-corrected chi connectivity index (χ0v) is 11.4. The first-order valence-electron chi connectivity index (χ1n) is 6.70. The molecule has 0 bridgehead atoms. The minimum atomic E-state index is 0.203. The molecule has 3 heteroatoms. The minimum Gasteiger partial charge on any atom is -0.330 e. The van der Waals surface area contributed by atoms with Crippen LogP contribution in [0.2, 0.25) is 0 Å². The van der Waals surface area contributed by atoms with Gasteiger partial charge in [-0.05, 0) is 37.9 Å². The molecule has 1 aliphatic heterocycles. The van der Waals surface area contributed by atoms with Crippen LogP contribution in [0.25, 0.3) is 0 Å². The third-order valence-electron chi connectivity index (χ3n) is 4.04. The molecule has 1 amide bonds. The lowest BCUT2D eigenvalue weighted by molar-refractivity contribution is -0.117. The maximum atomic E-state index is 12.2. The molecule has 1 aromatic carbocycles. The lowest BCUT2D eigenvalue weighted by Gasteiger charge is -2.28.